The fourth-order valence-corrected chi connectivity index (χ4v) is 2.09. The van der Waals surface area contributed by atoms with Crippen molar-refractivity contribution in [2.24, 2.45) is 5.41 Å². The Morgan fingerprint density at radius 1 is 1.58 bits per heavy atom. The van der Waals surface area contributed by atoms with Crippen molar-refractivity contribution in [3.05, 3.63) is 17.5 Å². The molecule has 1 fully saturated rings. The van der Waals surface area contributed by atoms with Gasteiger partial charge in [-0.2, -0.15) is 5.10 Å². The first-order chi connectivity index (χ1) is 5.83. The van der Waals surface area contributed by atoms with E-state index in [1.54, 1.807) is 0 Å². The Kier molecular flexibility index (Phi) is 0.915. The number of hydrogen-bond acceptors (Lipinski definition) is 1. The van der Waals surface area contributed by atoms with Gasteiger partial charge in [-0.3, -0.25) is 4.68 Å². The summed E-state index contributed by atoms with van der Waals surface area (Å²) in [4.78, 5) is 0. The van der Waals surface area contributed by atoms with Crippen molar-refractivity contribution < 1.29 is 0 Å². The molecule has 0 saturated heterocycles. The van der Waals surface area contributed by atoms with Gasteiger partial charge >= 0.3 is 0 Å². The Morgan fingerprint density at radius 2 is 2.42 bits per heavy atom. The molecule has 1 spiro atoms. The fraction of sp³-hybridized carbons (Fsp3) is 0.500. The molecule has 60 valence electrons. The highest BCUT2D eigenvalue weighted by Gasteiger charge is 2.48. The molecular formula is C10H10N2. The molecule has 1 saturated carbocycles. The fourth-order valence-electron chi connectivity index (χ4n) is 2.09. The molecule has 1 aliphatic carbocycles. The van der Waals surface area contributed by atoms with Gasteiger partial charge in [-0.05, 0) is 24.7 Å². The van der Waals surface area contributed by atoms with Gasteiger partial charge < -0.3 is 0 Å². The topological polar surface area (TPSA) is 17.8 Å². The Morgan fingerprint density at radius 3 is 3.08 bits per heavy atom. The van der Waals surface area contributed by atoms with Crippen LogP contribution in [0.2, 0.25) is 0 Å². The highest BCUT2D eigenvalue weighted by Crippen LogP contribution is 2.53. The van der Waals surface area contributed by atoms with E-state index in [4.69, 9.17) is 6.42 Å². The number of rotatable bonds is 0. The van der Waals surface area contributed by atoms with Crippen LogP contribution in [0.4, 0.5) is 0 Å². The second-order valence-corrected chi connectivity index (χ2v) is 3.98. The van der Waals surface area contributed by atoms with Crippen LogP contribution in [0, 0.1) is 17.8 Å². The van der Waals surface area contributed by atoms with Crippen LogP contribution in [-0.4, -0.2) is 9.78 Å². The molecule has 0 aromatic carbocycles. The highest BCUT2D eigenvalue weighted by atomic mass is 15.3. The van der Waals surface area contributed by atoms with E-state index in [9.17, 15) is 0 Å². The first kappa shape index (κ1) is 6.30. The molecule has 12 heavy (non-hydrogen) atoms. The van der Waals surface area contributed by atoms with Gasteiger partial charge in [-0.25, -0.2) is 0 Å². The summed E-state index contributed by atoms with van der Waals surface area (Å²) in [6.07, 6.45) is 11.1. The minimum Gasteiger partial charge on any atom is -0.268 e. The number of nitrogens with zero attached hydrogens (tertiary/aromatic N) is 2. The van der Waals surface area contributed by atoms with Gasteiger partial charge in [0.05, 0.1) is 17.5 Å². The second-order valence-electron chi connectivity index (χ2n) is 3.98. The number of aromatic nitrogens is 2. The molecule has 0 amide bonds. The summed E-state index contributed by atoms with van der Waals surface area (Å²) >= 11 is 0. The number of fused-ring (bicyclic) bond motifs is 1. The monoisotopic (exact) mass is 158 g/mol. The lowest BCUT2D eigenvalue weighted by atomic mass is 10.0. The molecule has 0 radical (unpaired) electrons. The van der Waals surface area contributed by atoms with Crippen LogP contribution >= 0.6 is 0 Å². The number of terminal acetylenes is 1. The molecule has 1 aromatic rings. The van der Waals surface area contributed by atoms with E-state index in [1.807, 2.05) is 6.20 Å². The SMILES string of the molecule is C#Cc1cnn2c1CC1(CC1)C2. The summed E-state index contributed by atoms with van der Waals surface area (Å²) < 4.78 is 2.09. The molecule has 0 N–H and O–H groups in total. The summed E-state index contributed by atoms with van der Waals surface area (Å²) in [7, 11) is 0. The standard InChI is InChI=1S/C10H10N2/c1-2-8-6-11-12-7-10(3-4-10)5-9(8)12/h1,6H,3-5,7H2. The zero-order valence-electron chi connectivity index (χ0n) is 6.88. The van der Waals surface area contributed by atoms with Crippen LogP contribution in [0.25, 0.3) is 0 Å². The molecule has 1 aromatic heterocycles. The molecule has 2 nitrogen and oxygen atoms in total. The maximum absolute atomic E-state index is 5.37. The van der Waals surface area contributed by atoms with Crippen molar-refractivity contribution in [2.75, 3.05) is 0 Å². The Bertz CT molecular complexity index is 377. The summed E-state index contributed by atoms with van der Waals surface area (Å²) in [5.41, 5.74) is 2.86. The minimum atomic E-state index is 0.579. The van der Waals surface area contributed by atoms with Gasteiger partial charge in [-0.1, -0.05) is 5.92 Å². The third kappa shape index (κ3) is 0.640. The molecule has 0 bridgehead atoms. The lowest BCUT2D eigenvalue weighted by Gasteiger charge is -2.00. The first-order valence-corrected chi connectivity index (χ1v) is 4.34. The highest BCUT2D eigenvalue weighted by molar-refractivity contribution is 5.37. The van der Waals surface area contributed by atoms with Crippen LogP contribution in [0.5, 0.6) is 0 Å². The van der Waals surface area contributed by atoms with Gasteiger partial charge in [0.25, 0.3) is 0 Å². The quantitative estimate of drug-likeness (QED) is 0.519. The largest absolute Gasteiger partial charge is 0.268 e. The maximum atomic E-state index is 5.37. The van der Waals surface area contributed by atoms with Crippen molar-refractivity contribution >= 4 is 0 Å². The average molecular weight is 158 g/mol. The van der Waals surface area contributed by atoms with Crippen LogP contribution in [-0.2, 0) is 13.0 Å². The van der Waals surface area contributed by atoms with Crippen LogP contribution in [0.1, 0.15) is 24.1 Å². The summed E-state index contributed by atoms with van der Waals surface area (Å²) in [5.74, 6) is 2.69. The molecule has 2 heteroatoms. The lowest BCUT2D eigenvalue weighted by Crippen LogP contribution is -2.02. The summed E-state index contributed by atoms with van der Waals surface area (Å²) in [5, 5.41) is 4.28. The van der Waals surface area contributed by atoms with E-state index in [0.29, 0.717) is 5.41 Å². The minimum absolute atomic E-state index is 0.579. The van der Waals surface area contributed by atoms with Crippen molar-refractivity contribution in [1.82, 2.24) is 9.78 Å². The Balaban J connectivity index is 2.09. The van der Waals surface area contributed by atoms with Gasteiger partial charge in [0, 0.05) is 6.54 Å². The Labute approximate surface area is 71.6 Å². The average Bonchev–Trinajstić information content (AvgIpc) is 2.52. The smallest absolute Gasteiger partial charge is 0.0654 e. The van der Waals surface area contributed by atoms with E-state index >= 15 is 0 Å². The maximum Gasteiger partial charge on any atom is 0.0654 e. The van der Waals surface area contributed by atoms with Gasteiger partial charge in [0.2, 0.25) is 0 Å². The molecule has 0 unspecified atom stereocenters. The molecular weight excluding hydrogens is 148 g/mol. The normalized spacial score (nSPS) is 22.2. The predicted octanol–water partition coefficient (Wildman–Crippen LogP) is 1.20. The van der Waals surface area contributed by atoms with Gasteiger partial charge in [0.15, 0.2) is 0 Å². The van der Waals surface area contributed by atoms with Crippen molar-refractivity contribution in [3.8, 4) is 12.3 Å². The zero-order valence-corrected chi connectivity index (χ0v) is 6.88. The van der Waals surface area contributed by atoms with Crippen LogP contribution in [0.15, 0.2) is 6.20 Å². The van der Waals surface area contributed by atoms with Crippen molar-refractivity contribution in [1.29, 1.82) is 0 Å². The molecule has 2 aliphatic rings. The van der Waals surface area contributed by atoms with Gasteiger partial charge in [-0.15, -0.1) is 6.42 Å². The molecule has 3 rings (SSSR count). The third-order valence-electron chi connectivity index (χ3n) is 3.09. The molecule has 2 heterocycles. The van der Waals surface area contributed by atoms with Crippen LogP contribution in [0.3, 0.4) is 0 Å². The molecule has 0 atom stereocenters. The number of hydrogen-bond donors (Lipinski definition) is 0. The van der Waals surface area contributed by atoms with E-state index < -0.39 is 0 Å². The van der Waals surface area contributed by atoms with E-state index in [2.05, 4.69) is 15.7 Å². The third-order valence-corrected chi connectivity index (χ3v) is 3.09. The summed E-state index contributed by atoms with van der Waals surface area (Å²) in [6, 6.07) is 0. The first-order valence-electron chi connectivity index (χ1n) is 4.34. The van der Waals surface area contributed by atoms with E-state index in [-0.39, 0.29) is 0 Å². The summed E-state index contributed by atoms with van der Waals surface area (Å²) in [6.45, 7) is 1.10. The second kappa shape index (κ2) is 1.74. The molecule has 1 aliphatic heterocycles. The van der Waals surface area contributed by atoms with Crippen LogP contribution < -0.4 is 0 Å². The van der Waals surface area contributed by atoms with E-state index in [0.717, 1.165) is 18.5 Å². The van der Waals surface area contributed by atoms with Crippen molar-refractivity contribution in [3.63, 3.8) is 0 Å². The van der Waals surface area contributed by atoms with E-state index in [1.165, 1.54) is 18.5 Å². The van der Waals surface area contributed by atoms with Crippen molar-refractivity contribution in [2.45, 2.75) is 25.8 Å². The zero-order chi connectivity index (χ0) is 8.18. The van der Waals surface area contributed by atoms with Gasteiger partial charge in [0.1, 0.15) is 0 Å². The lowest BCUT2D eigenvalue weighted by molar-refractivity contribution is 0.471. The Hall–Kier alpha value is -1.23. The predicted molar refractivity (Wildman–Crippen MR) is 45.5 cm³/mol.